The van der Waals surface area contributed by atoms with Crippen LogP contribution >= 0.6 is 22.9 Å². The molecule has 42 heavy (non-hydrogen) atoms. The molecule has 0 aliphatic carbocycles. The molecule has 5 aromatic rings. The summed E-state index contributed by atoms with van der Waals surface area (Å²) in [5.41, 5.74) is 3.91. The Morgan fingerprint density at radius 2 is 1.93 bits per heavy atom. The maximum Gasteiger partial charge on any atom is 0.151 e. The van der Waals surface area contributed by atoms with Gasteiger partial charge in [0, 0.05) is 40.9 Å². The molecule has 0 bridgehead atoms. The Kier molecular flexibility index (Phi) is 9.63. The number of hydrogen-bond acceptors (Lipinski definition) is 9. The van der Waals surface area contributed by atoms with Crippen LogP contribution in [0.4, 0.5) is 15.9 Å². The van der Waals surface area contributed by atoms with E-state index in [1.165, 1.54) is 29.8 Å². The maximum atomic E-state index is 13.5. The molecule has 218 valence electrons. The van der Waals surface area contributed by atoms with Gasteiger partial charge in [0.2, 0.25) is 0 Å². The monoisotopic (exact) mass is 625 g/mol. The van der Waals surface area contributed by atoms with Gasteiger partial charge in [-0.15, -0.1) is 11.3 Å². The summed E-state index contributed by atoms with van der Waals surface area (Å²) < 4.78 is 43.1. The topological polar surface area (TPSA) is 106 Å². The molecule has 0 fully saturated rings. The third-order valence-electron chi connectivity index (χ3n) is 6.34. The number of nitrogens with one attached hydrogen (secondary N) is 2. The average molecular weight is 626 g/mol. The second kappa shape index (κ2) is 13.6. The van der Waals surface area contributed by atoms with Gasteiger partial charge >= 0.3 is 0 Å². The van der Waals surface area contributed by atoms with Crippen LogP contribution in [0.5, 0.6) is 5.75 Å². The fourth-order valence-electron chi connectivity index (χ4n) is 4.30. The molecule has 5 rings (SSSR count). The van der Waals surface area contributed by atoms with E-state index in [-0.39, 0.29) is 23.9 Å². The van der Waals surface area contributed by atoms with E-state index in [1.54, 1.807) is 24.3 Å². The van der Waals surface area contributed by atoms with E-state index in [2.05, 4.69) is 20.6 Å². The number of fused-ring (bicyclic) bond motifs is 1. The molecule has 0 radical (unpaired) electrons. The second-order valence-corrected chi connectivity index (χ2v) is 13.3. The van der Waals surface area contributed by atoms with Crippen molar-refractivity contribution in [3.63, 3.8) is 0 Å². The largest absolute Gasteiger partial charge is 0.487 e. The quantitative estimate of drug-likeness (QED) is 0.138. The first kappa shape index (κ1) is 29.8. The van der Waals surface area contributed by atoms with Gasteiger partial charge in [0.05, 0.1) is 22.0 Å². The van der Waals surface area contributed by atoms with Gasteiger partial charge in [-0.25, -0.2) is 27.8 Å². The molecule has 2 aromatic heterocycles. The number of anilines is 2. The van der Waals surface area contributed by atoms with Crippen LogP contribution in [-0.2, 0) is 23.0 Å². The highest BCUT2D eigenvalue weighted by Crippen LogP contribution is 2.32. The number of rotatable bonds is 13. The highest BCUT2D eigenvalue weighted by Gasteiger charge is 2.12. The molecule has 0 unspecified atom stereocenters. The van der Waals surface area contributed by atoms with Crippen molar-refractivity contribution in [2.24, 2.45) is 0 Å². The summed E-state index contributed by atoms with van der Waals surface area (Å²) in [6, 6.07) is 17.4. The SMILES string of the molecule is CCCS(=O)(=O)CCNCc1nc(-c2ccc3ncnc(Nc4ccc(OCc5cccc(F)c5)c(Cl)c4)c3c2)cs1. The lowest BCUT2D eigenvalue weighted by molar-refractivity contribution is 0.306. The van der Waals surface area contributed by atoms with Gasteiger partial charge in [0.25, 0.3) is 0 Å². The zero-order chi connectivity index (χ0) is 29.5. The van der Waals surface area contributed by atoms with Gasteiger partial charge in [-0.05, 0) is 54.4 Å². The van der Waals surface area contributed by atoms with E-state index in [4.69, 9.17) is 21.3 Å². The van der Waals surface area contributed by atoms with E-state index < -0.39 is 9.84 Å². The minimum Gasteiger partial charge on any atom is -0.487 e. The third kappa shape index (κ3) is 7.80. The number of ether oxygens (including phenoxy) is 1. The molecule has 12 heteroatoms. The fraction of sp³-hybridized carbons (Fsp3) is 0.233. The normalized spacial score (nSPS) is 11.6. The zero-order valence-corrected chi connectivity index (χ0v) is 25.2. The first-order chi connectivity index (χ1) is 20.3. The summed E-state index contributed by atoms with van der Waals surface area (Å²) in [7, 11) is -3.01. The van der Waals surface area contributed by atoms with E-state index in [1.807, 2.05) is 36.6 Å². The van der Waals surface area contributed by atoms with Gasteiger partial charge < -0.3 is 15.4 Å². The third-order valence-corrected chi connectivity index (χ3v) is 9.34. The van der Waals surface area contributed by atoms with Crippen molar-refractivity contribution in [3.05, 3.63) is 93.8 Å². The van der Waals surface area contributed by atoms with Crippen molar-refractivity contribution in [1.29, 1.82) is 0 Å². The molecule has 2 heterocycles. The lowest BCUT2D eigenvalue weighted by atomic mass is 10.1. The van der Waals surface area contributed by atoms with E-state index >= 15 is 0 Å². The van der Waals surface area contributed by atoms with Crippen LogP contribution in [0, 0.1) is 5.82 Å². The Hall–Kier alpha value is -3.64. The van der Waals surface area contributed by atoms with Gasteiger partial charge in [-0.2, -0.15) is 0 Å². The molecule has 8 nitrogen and oxygen atoms in total. The number of halogens is 2. The van der Waals surface area contributed by atoms with Crippen LogP contribution in [0.2, 0.25) is 5.02 Å². The Balaban J connectivity index is 1.26. The highest BCUT2D eigenvalue weighted by molar-refractivity contribution is 7.91. The van der Waals surface area contributed by atoms with Crippen molar-refractivity contribution < 1.29 is 17.5 Å². The number of hydrogen-bond donors (Lipinski definition) is 2. The molecular formula is C30H29ClFN5O3S2. The standard InChI is InChI=1S/C30H29ClFN5O3S2/c1-2-11-42(38,39)12-10-33-16-29-37-27(18-41-29)21-6-8-26-24(14-21)30(35-19-34-26)36-23-7-9-28(25(31)15-23)40-17-20-4-3-5-22(32)13-20/h3-9,13-15,18-19,33H,2,10-12,16-17H2,1H3,(H,34,35,36). The van der Waals surface area contributed by atoms with E-state index in [9.17, 15) is 12.8 Å². The molecule has 0 amide bonds. The maximum absolute atomic E-state index is 13.5. The number of aromatic nitrogens is 3. The van der Waals surface area contributed by atoms with Gasteiger partial charge in [0.15, 0.2) is 9.84 Å². The minimum absolute atomic E-state index is 0.120. The number of nitrogens with zero attached hydrogens (tertiary/aromatic N) is 3. The summed E-state index contributed by atoms with van der Waals surface area (Å²) in [6.07, 6.45) is 2.12. The highest BCUT2D eigenvalue weighted by atomic mass is 35.5. The Labute approximate surface area is 252 Å². The molecule has 0 aliphatic heterocycles. The van der Waals surface area contributed by atoms with Gasteiger partial charge in [-0.1, -0.05) is 36.7 Å². The van der Waals surface area contributed by atoms with Crippen molar-refractivity contribution in [3.8, 4) is 17.0 Å². The minimum atomic E-state index is -3.01. The van der Waals surface area contributed by atoms with Crippen molar-refractivity contribution in [2.75, 3.05) is 23.4 Å². The predicted molar refractivity (Wildman–Crippen MR) is 167 cm³/mol. The van der Waals surface area contributed by atoms with E-state index in [0.717, 1.165) is 27.2 Å². The van der Waals surface area contributed by atoms with Crippen LogP contribution in [-0.4, -0.2) is 41.4 Å². The summed E-state index contributed by atoms with van der Waals surface area (Å²) in [5.74, 6) is 1.11. The van der Waals surface area contributed by atoms with Crippen molar-refractivity contribution in [1.82, 2.24) is 20.3 Å². The van der Waals surface area contributed by atoms with E-state index in [0.29, 0.717) is 47.4 Å². The number of sulfone groups is 1. The van der Waals surface area contributed by atoms with Crippen molar-refractivity contribution >= 4 is 55.2 Å². The lowest BCUT2D eigenvalue weighted by Gasteiger charge is -2.12. The Bertz CT molecular complexity index is 1800. The van der Waals surface area contributed by atoms with Crippen LogP contribution < -0.4 is 15.4 Å². The molecule has 2 N–H and O–H groups in total. The summed E-state index contributed by atoms with van der Waals surface area (Å²) in [6.45, 7) is 2.95. The molecule has 0 aliphatic rings. The predicted octanol–water partition coefficient (Wildman–Crippen LogP) is 6.78. The fourth-order valence-corrected chi connectivity index (χ4v) is 6.59. The Morgan fingerprint density at radius 3 is 2.74 bits per heavy atom. The molecule has 0 saturated carbocycles. The smallest absolute Gasteiger partial charge is 0.151 e. The number of thiazole rings is 1. The van der Waals surface area contributed by atoms with Crippen LogP contribution in [0.1, 0.15) is 23.9 Å². The van der Waals surface area contributed by atoms with Gasteiger partial charge in [0.1, 0.15) is 35.3 Å². The molecule has 0 atom stereocenters. The average Bonchev–Trinajstić information content (AvgIpc) is 3.44. The second-order valence-electron chi connectivity index (χ2n) is 9.60. The first-order valence-corrected chi connectivity index (χ1v) is 16.4. The molecular weight excluding hydrogens is 597 g/mol. The molecule has 0 spiro atoms. The summed E-state index contributed by atoms with van der Waals surface area (Å²) >= 11 is 8.00. The molecule has 3 aromatic carbocycles. The summed E-state index contributed by atoms with van der Waals surface area (Å²) in [4.78, 5) is 13.6. The van der Waals surface area contributed by atoms with Gasteiger partial charge in [-0.3, -0.25) is 0 Å². The van der Waals surface area contributed by atoms with Crippen LogP contribution in [0.15, 0.2) is 72.4 Å². The Morgan fingerprint density at radius 1 is 1.05 bits per heavy atom. The van der Waals surface area contributed by atoms with Crippen molar-refractivity contribution in [2.45, 2.75) is 26.5 Å². The van der Waals surface area contributed by atoms with Crippen LogP contribution in [0.3, 0.4) is 0 Å². The molecule has 0 saturated heterocycles. The summed E-state index contributed by atoms with van der Waals surface area (Å²) in [5, 5.41) is 10.6. The number of benzene rings is 3. The first-order valence-electron chi connectivity index (χ1n) is 13.3. The lowest BCUT2D eigenvalue weighted by Crippen LogP contribution is -2.24. The van der Waals surface area contributed by atoms with Crippen LogP contribution in [0.25, 0.3) is 22.2 Å². The zero-order valence-electron chi connectivity index (χ0n) is 22.8.